The molecule has 0 atom stereocenters. The van der Waals surface area contributed by atoms with Gasteiger partial charge in [0.1, 0.15) is 0 Å². The maximum absolute atomic E-state index is 11.9. The molecule has 0 unspecified atom stereocenters. The van der Waals surface area contributed by atoms with Crippen molar-refractivity contribution in [3.63, 3.8) is 0 Å². The number of thiazole rings is 1. The normalized spacial score (nSPS) is 17.7. The molecule has 0 aliphatic carbocycles. The van der Waals surface area contributed by atoms with Crippen LogP contribution in [0.25, 0.3) is 0 Å². The lowest BCUT2D eigenvalue weighted by molar-refractivity contribution is -0.132. The number of nitrogens with zero attached hydrogens (tertiary/aromatic N) is 3. The van der Waals surface area contributed by atoms with E-state index in [-0.39, 0.29) is 5.91 Å². The molecule has 0 bridgehead atoms. The van der Waals surface area contributed by atoms with Gasteiger partial charge < -0.3 is 9.80 Å². The summed E-state index contributed by atoms with van der Waals surface area (Å²) in [5.41, 5.74) is 2.85. The van der Waals surface area contributed by atoms with Gasteiger partial charge in [-0.05, 0) is 13.5 Å². The van der Waals surface area contributed by atoms with Crippen molar-refractivity contribution in [2.24, 2.45) is 0 Å². The highest BCUT2D eigenvalue weighted by molar-refractivity contribution is 7.07. The Morgan fingerprint density at radius 2 is 2.19 bits per heavy atom. The van der Waals surface area contributed by atoms with Crippen LogP contribution < -0.4 is 0 Å². The van der Waals surface area contributed by atoms with Crippen molar-refractivity contribution in [3.05, 3.63) is 16.6 Å². The molecule has 1 aromatic rings. The summed E-state index contributed by atoms with van der Waals surface area (Å²) in [6, 6.07) is 0. The number of hydrogen-bond acceptors (Lipinski definition) is 4. The zero-order valence-electron chi connectivity index (χ0n) is 9.56. The van der Waals surface area contributed by atoms with Crippen LogP contribution in [0.5, 0.6) is 0 Å². The van der Waals surface area contributed by atoms with Gasteiger partial charge in [0.2, 0.25) is 5.91 Å². The van der Waals surface area contributed by atoms with Gasteiger partial charge >= 0.3 is 0 Å². The summed E-state index contributed by atoms with van der Waals surface area (Å²) >= 11 is 1.58. The Labute approximate surface area is 99.9 Å². The first kappa shape index (κ1) is 11.5. The van der Waals surface area contributed by atoms with Gasteiger partial charge in [0.05, 0.1) is 11.2 Å². The molecule has 0 radical (unpaired) electrons. The number of aromatic nitrogens is 1. The summed E-state index contributed by atoms with van der Waals surface area (Å²) in [6.45, 7) is 3.71. The van der Waals surface area contributed by atoms with Crippen LogP contribution in [0, 0.1) is 0 Å². The van der Waals surface area contributed by atoms with Crippen molar-refractivity contribution in [2.45, 2.75) is 12.8 Å². The molecule has 4 nitrogen and oxygen atoms in total. The lowest BCUT2D eigenvalue weighted by Crippen LogP contribution is -2.47. The number of aryl methyl sites for hydroxylation is 1. The van der Waals surface area contributed by atoms with Gasteiger partial charge in [0, 0.05) is 38.0 Å². The zero-order chi connectivity index (χ0) is 11.4. The molecule has 0 saturated carbocycles. The molecule has 0 N–H and O–H groups in total. The third kappa shape index (κ3) is 3.02. The molecule has 88 valence electrons. The van der Waals surface area contributed by atoms with Crippen LogP contribution in [0.1, 0.15) is 12.1 Å². The van der Waals surface area contributed by atoms with E-state index >= 15 is 0 Å². The fourth-order valence-corrected chi connectivity index (χ4v) is 2.40. The van der Waals surface area contributed by atoms with Gasteiger partial charge in [-0.25, -0.2) is 4.98 Å². The second-order valence-corrected chi connectivity index (χ2v) is 4.88. The van der Waals surface area contributed by atoms with Crippen LogP contribution in [0.4, 0.5) is 0 Å². The standard InChI is InChI=1S/C11H17N3OS/c1-13-4-6-14(7-5-13)11(15)3-2-10-8-16-9-12-10/h8-9H,2-7H2,1H3. The molecular formula is C11H17N3OS. The van der Waals surface area contributed by atoms with E-state index in [1.54, 1.807) is 11.3 Å². The Hall–Kier alpha value is -0.940. The molecule has 1 fully saturated rings. The van der Waals surface area contributed by atoms with Gasteiger partial charge in [0.25, 0.3) is 0 Å². The maximum atomic E-state index is 11.9. The second kappa shape index (κ2) is 5.41. The van der Waals surface area contributed by atoms with Gasteiger partial charge in [-0.2, -0.15) is 0 Å². The Morgan fingerprint density at radius 3 is 2.81 bits per heavy atom. The quantitative estimate of drug-likeness (QED) is 0.784. The van der Waals surface area contributed by atoms with E-state index in [9.17, 15) is 4.79 Å². The number of carbonyl (C=O) groups is 1. The Bertz CT molecular complexity index is 331. The van der Waals surface area contributed by atoms with Gasteiger partial charge in [-0.15, -0.1) is 11.3 Å². The maximum Gasteiger partial charge on any atom is 0.223 e. The van der Waals surface area contributed by atoms with E-state index in [1.807, 2.05) is 15.8 Å². The van der Waals surface area contributed by atoms with E-state index in [2.05, 4.69) is 16.9 Å². The number of amides is 1. The van der Waals surface area contributed by atoms with Crippen LogP contribution >= 0.6 is 11.3 Å². The SMILES string of the molecule is CN1CCN(C(=O)CCc2cscn2)CC1. The average Bonchev–Trinajstić information content (AvgIpc) is 2.80. The van der Waals surface area contributed by atoms with Crippen LogP contribution in [0.15, 0.2) is 10.9 Å². The Kier molecular flexibility index (Phi) is 3.90. The molecule has 1 amide bonds. The Morgan fingerprint density at radius 1 is 1.44 bits per heavy atom. The third-order valence-electron chi connectivity index (χ3n) is 2.93. The summed E-state index contributed by atoms with van der Waals surface area (Å²) in [5.74, 6) is 0.265. The van der Waals surface area contributed by atoms with Crippen LogP contribution in [0.3, 0.4) is 0 Å². The lowest BCUT2D eigenvalue weighted by Gasteiger charge is -2.32. The van der Waals surface area contributed by atoms with Crippen molar-refractivity contribution >= 4 is 17.2 Å². The first-order valence-corrected chi connectivity index (χ1v) is 6.53. The van der Waals surface area contributed by atoms with E-state index in [0.29, 0.717) is 6.42 Å². The molecule has 2 rings (SSSR count). The molecule has 0 spiro atoms. The highest BCUT2D eigenvalue weighted by Crippen LogP contribution is 2.07. The highest BCUT2D eigenvalue weighted by Gasteiger charge is 2.18. The van der Waals surface area contributed by atoms with Gasteiger partial charge in [-0.3, -0.25) is 4.79 Å². The van der Waals surface area contributed by atoms with Crippen LogP contribution in [-0.2, 0) is 11.2 Å². The fraction of sp³-hybridized carbons (Fsp3) is 0.636. The number of piperazine rings is 1. The zero-order valence-corrected chi connectivity index (χ0v) is 10.4. The smallest absolute Gasteiger partial charge is 0.223 e. The molecule has 1 saturated heterocycles. The number of likely N-dealkylation sites (N-methyl/N-ethyl adjacent to an activating group) is 1. The summed E-state index contributed by atoms with van der Waals surface area (Å²) in [5, 5.41) is 2.01. The average molecular weight is 239 g/mol. The van der Waals surface area contributed by atoms with Crippen molar-refractivity contribution in [1.82, 2.24) is 14.8 Å². The minimum atomic E-state index is 0.265. The van der Waals surface area contributed by atoms with Crippen molar-refractivity contribution in [2.75, 3.05) is 33.2 Å². The van der Waals surface area contributed by atoms with Crippen molar-refractivity contribution in [3.8, 4) is 0 Å². The predicted molar refractivity (Wildman–Crippen MR) is 64.5 cm³/mol. The van der Waals surface area contributed by atoms with E-state index in [4.69, 9.17) is 0 Å². The second-order valence-electron chi connectivity index (χ2n) is 4.16. The van der Waals surface area contributed by atoms with E-state index < -0.39 is 0 Å². The number of hydrogen-bond donors (Lipinski definition) is 0. The molecule has 1 aliphatic rings. The molecule has 1 aliphatic heterocycles. The Balaban J connectivity index is 1.75. The highest BCUT2D eigenvalue weighted by atomic mass is 32.1. The molecule has 2 heterocycles. The third-order valence-corrected chi connectivity index (χ3v) is 3.57. The van der Waals surface area contributed by atoms with E-state index in [0.717, 1.165) is 38.3 Å². The summed E-state index contributed by atoms with van der Waals surface area (Å²) in [7, 11) is 2.09. The molecular weight excluding hydrogens is 222 g/mol. The monoisotopic (exact) mass is 239 g/mol. The minimum absolute atomic E-state index is 0.265. The number of rotatable bonds is 3. The molecule has 0 aromatic carbocycles. The number of carbonyl (C=O) groups excluding carboxylic acids is 1. The summed E-state index contributed by atoms with van der Waals surface area (Å²) < 4.78 is 0. The fourth-order valence-electron chi connectivity index (χ4n) is 1.81. The first-order chi connectivity index (χ1) is 7.75. The molecule has 16 heavy (non-hydrogen) atoms. The lowest BCUT2D eigenvalue weighted by atomic mass is 10.2. The van der Waals surface area contributed by atoms with Crippen LogP contribution in [-0.4, -0.2) is 53.9 Å². The van der Waals surface area contributed by atoms with Crippen LogP contribution in [0.2, 0.25) is 0 Å². The largest absolute Gasteiger partial charge is 0.340 e. The van der Waals surface area contributed by atoms with Crippen molar-refractivity contribution in [1.29, 1.82) is 0 Å². The van der Waals surface area contributed by atoms with Crippen molar-refractivity contribution < 1.29 is 4.79 Å². The summed E-state index contributed by atoms with van der Waals surface area (Å²) in [6.07, 6.45) is 1.36. The van der Waals surface area contributed by atoms with Gasteiger partial charge in [0.15, 0.2) is 0 Å². The predicted octanol–water partition coefficient (Wildman–Crippen LogP) is 0.850. The first-order valence-electron chi connectivity index (χ1n) is 5.59. The molecule has 5 heteroatoms. The van der Waals surface area contributed by atoms with Gasteiger partial charge in [-0.1, -0.05) is 0 Å². The molecule has 1 aromatic heterocycles. The topological polar surface area (TPSA) is 36.4 Å². The van der Waals surface area contributed by atoms with E-state index in [1.165, 1.54) is 0 Å². The summed E-state index contributed by atoms with van der Waals surface area (Å²) in [4.78, 5) is 20.3. The minimum Gasteiger partial charge on any atom is -0.340 e.